The third-order valence-corrected chi connectivity index (χ3v) is 3.47. The topological polar surface area (TPSA) is 29.3 Å². The summed E-state index contributed by atoms with van der Waals surface area (Å²) in [5, 5.41) is 0. The molecule has 1 aliphatic rings. The van der Waals surface area contributed by atoms with Crippen LogP contribution >= 0.6 is 12.4 Å². The SMILES string of the molecule is CCc1ccc(CN2CCC(N)CC2)cc1.Cl. The second-order valence-corrected chi connectivity index (χ2v) is 4.78. The molecule has 0 amide bonds. The summed E-state index contributed by atoms with van der Waals surface area (Å²) in [5.74, 6) is 0. The van der Waals surface area contributed by atoms with E-state index in [1.807, 2.05) is 0 Å². The maximum absolute atomic E-state index is 5.90. The lowest BCUT2D eigenvalue weighted by Gasteiger charge is -2.30. The summed E-state index contributed by atoms with van der Waals surface area (Å²) in [4.78, 5) is 2.50. The predicted octanol–water partition coefficient (Wildman–Crippen LogP) is 2.59. The molecule has 0 radical (unpaired) electrons. The Kier molecular flexibility index (Phi) is 5.96. The molecule has 17 heavy (non-hydrogen) atoms. The highest BCUT2D eigenvalue weighted by Gasteiger charge is 2.15. The molecule has 96 valence electrons. The van der Waals surface area contributed by atoms with Crippen LogP contribution in [0.5, 0.6) is 0 Å². The first-order valence-corrected chi connectivity index (χ1v) is 6.33. The van der Waals surface area contributed by atoms with Crippen LogP contribution in [0.15, 0.2) is 24.3 Å². The molecule has 1 aromatic carbocycles. The molecule has 3 heteroatoms. The van der Waals surface area contributed by atoms with Crippen molar-refractivity contribution in [2.45, 2.75) is 38.8 Å². The minimum absolute atomic E-state index is 0. The zero-order valence-corrected chi connectivity index (χ0v) is 11.4. The predicted molar refractivity (Wildman–Crippen MR) is 75.6 cm³/mol. The first-order valence-electron chi connectivity index (χ1n) is 6.33. The van der Waals surface area contributed by atoms with E-state index in [0.29, 0.717) is 6.04 Å². The number of halogens is 1. The second-order valence-electron chi connectivity index (χ2n) is 4.78. The Hall–Kier alpha value is -0.570. The number of hydrogen-bond acceptors (Lipinski definition) is 2. The maximum atomic E-state index is 5.90. The summed E-state index contributed by atoms with van der Waals surface area (Å²) in [6.07, 6.45) is 3.42. The number of nitrogens with zero attached hydrogens (tertiary/aromatic N) is 1. The normalized spacial score (nSPS) is 17.8. The molecule has 1 saturated heterocycles. The first kappa shape index (κ1) is 14.5. The third kappa shape index (κ3) is 4.30. The van der Waals surface area contributed by atoms with Crippen molar-refractivity contribution < 1.29 is 0 Å². The van der Waals surface area contributed by atoms with Crippen molar-refractivity contribution in [2.24, 2.45) is 5.73 Å². The highest BCUT2D eigenvalue weighted by atomic mass is 35.5. The van der Waals surface area contributed by atoms with Crippen molar-refractivity contribution in [3.8, 4) is 0 Å². The Morgan fingerprint density at radius 1 is 1.12 bits per heavy atom. The van der Waals surface area contributed by atoms with E-state index in [-0.39, 0.29) is 12.4 Å². The Balaban J connectivity index is 0.00000144. The largest absolute Gasteiger partial charge is 0.328 e. The highest BCUT2D eigenvalue weighted by molar-refractivity contribution is 5.85. The molecule has 2 nitrogen and oxygen atoms in total. The average Bonchev–Trinajstić information content (AvgIpc) is 2.33. The summed E-state index contributed by atoms with van der Waals surface area (Å²) in [6, 6.07) is 9.43. The van der Waals surface area contributed by atoms with Gasteiger partial charge in [-0.05, 0) is 43.5 Å². The molecule has 0 spiro atoms. The maximum Gasteiger partial charge on any atom is 0.0233 e. The average molecular weight is 255 g/mol. The van der Waals surface area contributed by atoms with Crippen molar-refractivity contribution >= 4 is 12.4 Å². The van der Waals surface area contributed by atoms with Gasteiger partial charge in [-0.1, -0.05) is 31.2 Å². The number of likely N-dealkylation sites (tertiary alicyclic amines) is 1. The van der Waals surface area contributed by atoms with E-state index in [4.69, 9.17) is 5.73 Å². The summed E-state index contributed by atoms with van der Waals surface area (Å²) in [6.45, 7) is 5.57. The lowest BCUT2D eigenvalue weighted by atomic mass is 10.0. The van der Waals surface area contributed by atoms with Crippen molar-refractivity contribution in [2.75, 3.05) is 13.1 Å². The Morgan fingerprint density at radius 3 is 2.18 bits per heavy atom. The molecule has 0 saturated carbocycles. The highest BCUT2D eigenvalue weighted by Crippen LogP contribution is 2.13. The summed E-state index contributed by atoms with van der Waals surface area (Å²) in [7, 11) is 0. The Morgan fingerprint density at radius 2 is 1.65 bits per heavy atom. The van der Waals surface area contributed by atoms with E-state index in [0.717, 1.165) is 38.9 Å². The van der Waals surface area contributed by atoms with Crippen molar-refractivity contribution in [1.29, 1.82) is 0 Å². The first-order chi connectivity index (χ1) is 7.78. The van der Waals surface area contributed by atoms with Gasteiger partial charge in [-0.3, -0.25) is 4.90 Å². The van der Waals surface area contributed by atoms with Gasteiger partial charge in [0.15, 0.2) is 0 Å². The van der Waals surface area contributed by atoms with Crippen LogP contribution < -0.4 is 5.73 Å². The molecule has 2 N–H and O–H groups in total. The summed E-state index contributed by atoms with van der Waals surface area (Å²) >= 11 is 0. The fourth-order valence-corrected chi connectivity index (χ4v) is 2.25. The Labute approximate surface area is 111 Å². The zero-order chi connectivity index (χ0) is 11.4. The minimum Gasteiger partial charge on any atom is -0.328 e. The van der Waals surface area contributed by atoms with E-state index in [1.165, 1.54) is 11.1 Å². The van der Waals surface area contributed by atoms with Gasteiger partial charge < -0.3 is 5.73 Å². The molecule has 0 atom stereocenters. The van der Waals surface area contributed by atoms with Gasteiger partial charge in [0, 0.05) is 12.6 Å². The molecule has 0 aliphatic carbocycles. The molecular formula is C14H23ClN2. The molecular weight excluding hydrogens is 232 g/mol. The fourth-order valence-electron chi connectivity index (χ4n) is 2.25. The van der Waals surface area contributed by atoms with Gasteiger partial charge >= 0.3 is 0 Å². The number of aryl methyl sites for hydroxylation is 1. The molecule has 1 fully saturated rings. The summed E-state index contributed by atoms with van der Waals surface area (Å²) < 4.78 is 0. The van der Waals surface area contributed by atoms with Crippen molar-refractivity contribution in [3.05, 3.63) is 35.4 Å². The number of rotatable bonds is 3. The number of hydrogen-bond donors (Lipinski definition) is 1. The monoisotopic (exact) mass is 254 g/mol. The molecule has 1 aromatic rings. The van der Waals surface area contributed by atoms with Crippen LogP contribution in [0, 0.1) is 0 Å². The van der Waals surface area contributed by atoms with E-state index < -0.39 is 0 Å². The number of benzene rings is 1. The van der Waals surface area contributed by atoms with Crippen molar-refractivity contribution in [1.82, 2.24) is 4.90 Å². The van der Waals surface area contributed by atoms with E-state index >= 15 is 0 Å². The van der Waals surface area contributed by atoms with Gasteiger partial charge in [0.05, 0.1) is 0 Å². The molecule has 0 aromatic heterocycles. The van der Waals surface area contributed by atoms with E-state index in [2.05, 4.69) is 36.1 Å². The lowest BCUT2D eigenvalue weighted by molar-refractivity contribution is 0.205. The van der Waals surface area contributed by atoms with Gasteiger partial charge in [0.25, 0.3) is 0 Å². The van der Waals surface area contributed by atoms with Crippen LogP contribution in [0.25, 0.3) is 0 Å². The van der Waals surface area contributed by atoms with Crippen LogP contribution in [0.4, 0.5) is 0 Å². The second kappa shape index (κ2) is 7.00. The van der Waals surface area contributed by atoms with E-state index in [9.17, 15) is 0 Å². The van der Waals surface area contributed by atoms with Gasteiger partial charge in [-0.15, -0.1) is 12.4 Å². The van der Waals surface area contributed by atoms with Gasteiger partial charge in [0.2, 0.25) is 0 Å². The van der Waals surface area contributed by atoms with Crippen molar-refractivity contribution in [3.63, 3.8) is 0 Å². The quantitative estimate of drug-likeness (QED) is 0.899. The smallest absolute Gasteiger partial charge is 0.0233 e. The van der Waals surface area contributed by atoms with Crippen LogP contribution in [-0.2, 0) is 13.0 Å². The molecule has 0 unspecified atom stereocenters. The lowest BCUT2D eigenvalue weighted by Crippen LogP contribution is -2.39. The van der Waals surface area contributed by atoms with Gasteiger partial charge in [-0.25, -0.2) is 0 Å². The van der Waals surface area contributed by atoms with Gasteiger partial charge in [0.1, 0.15) is 0 Å². The van der Waals surface area contributed by atoms with Crippen LogP contribution in [0.1, 0.15) is 30.9 Å². The van der Waals surface area contributed by atoms with Crippen LogP contribution in [-0.4, -0.2) is 24.0 Å². The molecule has 1 aliphatic heterocycles. The number of nitrogens with two attached hydrogens (primary N) is 1. The van der Waals surface area contributed by atoms with Gasteiger partial charge in [-0.2, -0.15) is 0 Å². The standard InChI is InChI=1S/C14H22N2.ClH/c1-2-12-3-5-13(6-4-12)11-16-9-7-14(15)8-10-16;/h3-6,14H,2,7-11,15H2,1H3;1H. The third-order valence-electron chi connectivity index (χ3n) is 3.47. The fraction of sp³-hybridized carbons (Fsp3) is 0.571. The molecule has 2 rings (SSSR count). The number of piperidine rings is 1. The Bertz CT molecular complexity index is 315. The zero-order valence-electron chi connectivity index (χ0n) is 10.6. The summed E-state index contributed by atoms with van der Waals surface area (Å²) in [5.41, 5.74) is 8.75. The van der Waals surface area contributed by atoms with E-state index in [1.54, 1.807) is 0 Å². The molecule has 1 heterocycles. The van der Waals surface area contributed by atoms with Crippen LogP contribution in [0.2, 0.25) is 0 Å². The molecule has 0 bridgehead atoms. The minimum atomic E-state index is 0. The van der Waals surface area contributed by atoms with Crippen LogP contribution in [0.3, 0.4) is 0 Å².